The summed E-state index contributed by atoms with van der Waals surface area (Å²) < 4.78 is 0. The van der Waals surface area contributed by atoms with Crippen LogP contribution in [0.3, 0.4) is 0 Å². The molecule has 1 N–H and O–H groups in total. The molecule has 2 nitrogen and oxygen atoms in total. The second-order valence-corrected chi connectivity index (χ2v) is 4.70. The van der Waals surface area contributed by atoms with Gasteiger partial charge in [0.25, 0.3) is 0 Å². The summed E-state index contributed by atoms with van der Waals surface area (Å²) in [4.78, 5) is 2.30. The van der Waals surface area contributed by atoms with Crippen molar-refractivity contribution in [2.75, 3.05) is 18.0 Å². The van der Waals surface area contributed by atoms with E-state index in [4.69, 9.17) is 0 Å². The Morgan fingerprint density at radius 3 is 2.47 bits per heavy atom. The number of phenolic OH excluding ortho intramolecular Hbond substituents is 1. The number of aromatic hydroxyl groups is 1. The Balaban J connectivity index is 2.07. The molecule has 2 aromatic carbocycles. The Morgan fingerprint density at radius 2 is 1.65 bits per heavy atom. The molecule has 0 amide bonds. The molecule has 0 bridgehead atoms. The Labute approximate surface area is 101 Å². The summed E-state index contributed by atoms with van der Waals surface area (Å²) in [7, 11) is 0. The highest BCUT2D eigenvalue weighted by Gasteiger charge is 2.15. The van der Waals surface area contributed by atoms with Crippen LogP contribution in [0.1, 0.15) is 19.3 Å². The van der Waals surface area contributed by atoms with Crippen LogP contribution in [-0.4, -0.2) is 18.2 Å². The van der Waals surface area contributed by atoms with Gasteiger partial charge in [-0.3, -0.25) is 0 Å². The van der Waals surface area contributed by atoms with Crippen molar-refractivity contribution >= 4 is 16.5 Å². The monoisotopic (exact) mass is 227 g/mol. The van der Waals surface area contributed by atoms with Gasteiger partial charge in [0.2, 0.25) is 0 Å². The molecule has 1 saturated heterocycles. The van der Waals surface area contributed by atoms with Crippen molar-refractivity contribution in [3.8, 4) is 5.75 Å². The number of hydrogen-bond donors (Lipinski definition) is 1. The molecule has 1 fully saturated rings. The van der Waals surface area contributed by atoms with E-state index in [9.17, 15) is 5.11 Å². The van der Waals surface area contributed by atoms with Crippen LogP contribution in [0.25, 0.3) is 10.8 Å². The summed E-state index contributed by atoms with van der Waals surface area (Å²) in [5.74, 6) is 0.435. The standard InChI is InChI=1S/C15H17NO/c17-15-13-7-3-2-6-12(13)8-9-14(15)16-10-4-1-5-11-16/h2-3,6-9,17H,1,4-5,10-11H2. The van der Waals surface area contributed by atoms with Crippen LogP contribution < -0.4 is 4.90 Å². The Bertz CT molecular complexity index is 529. The van der Waals surface area contributed by atoms with Crippen molar-refractivity contribution in [2.45, 2.75) is 19.3 Å². The van der Waals surface area contributed by atoms with Crippen LogP contribution in [0.5, 0.6) is 5.75 Å². The minimum absolute atomic E-state index is 0.435. The van der Waals surface area contributed by atoms with Gasteiger partial charge in [0.15, 0.2) is 0 Å². The SMILES string of the molecule is Oc1c(N2CCCCC2)ccc2ccccc12. The summed E-state index contributed by atoms with van der Waals surface area (Å²) in [6.07, 6.45) is 3.77. The number of benzene rings is 2. The largest absolute Gasteiger partial charge is 0.505 e. The smallest absolute Gasteiger partial charge is 0.146 e. The second kappa shape index (κ2) is 4.28. The third-order valence-electron chi connectivity index (χ3n) is 3.58. The highest BCUT2D eigenvalue weighted by Crippen LogP contribution is 2.36. The van der Waals surface area contributed by atoms with E-state index < -0.39 is 0 Å². The van der Waals surface area contributed by atoms with Crippen molar-refractivity contribution in [3.63, 3.8) is 0 Å². The number of hydrogen-bond acceptors (Lipinski definition) is 2. The quantitative estimate of drug-likeness (QED) is 0.805. The maximum Gasteiger partial charge on any atom is 0.146 e. The van der Waals surface area contributed by atoms with Crippen LogP contribution >= 0.6 is 0 Å². The van der Waals surface area contributed by atoms with Crippen LogP contribution in [0.2, 0.25) is 0 Å². The molecular formula is C15H17NO. The van der Waals surface area contributed by atoms with Gasteiger partial charge in [0, 0.05) is 18.5 Å². The molecule has 2 aromatic rings. The number of phenols is 1. The first-order valence-corrected chi connectivity index (χ1v) is 6.32. The third-order valence-corrected chi connectivity index (χ3v) is 3.58. The van der Waals surface area contributed by atoms with E-state index in [-0.39, 0.29) is 0 Å². The molecule has 1 aliphatic heterocycles. The highest BCUT2D eigenvalue weighted by molar-refractivity contribution is 5.93. The lowest BCUT2D eigenvalue weighted by atomic mass is 10.1. The maximum atomic E-state index is 10.4. The first-order chi connectivity index (χ1) is 8.36. The molecule has 17 heavy (non-hydrogen) atoms. The summed E-state index contributed by atoms with van der Waals surface area (Å²) in [6, 6.07) is 12.1. The van der Waals surface area contributed by atoms with Gasteiger partial charge in [0.1, 0.15) is 5.75 Å². The minimum atomic E-state index is 0.435. The average Bonchev–Trinajstić information content (AvgIpc) is 2.40. The molecule has 0 saturated carbocycles. The molecule has 1 heterocycles. The molecule has 0 unspecified atom stereocenters. The predicted molar refractivity (Wildman–Crippen MR) is 71.7 cm³/mol. The highest BCUT2D eigenvalue weighted by atomic mass is 16.3. The van der Waals surface area contributed by atoms with Gasteiger partial charge in [-0.15, -0.1) is 0 Å². The number of anilines is 1. The zero-order valence-corrected chi connectivity index (χ0v) is 9.89. The van der Waals surface area contributed by atoms with E-state index in [0.717, 1.165) is 29.5 Å². The zero-order chi connectivity index (χ0) is 11.7. The van der Waals surface area contributed by atoms with E-state index in [0.29, 0.717) is 5.75 Å². The normalized spacial score (nSPS) is 16.4. The van der Waals surface area contributed by atoms with Gasteiger partial charge in [-0.2, -0.15) is 0 Å². The Hall–Kier alpha value is -1.70. The van der Waals surface area contributed by atoms with Gasteiger partial charge in [-0.25, -0.2) is 0 Å². The van der Waals surface area contributed by atoms with E-state index >= 15 is 0 Å². The molecule has 0 atom stereocenters. The lowest BCUT2D eigenvalue weighted by molar-refractivity contribution is 0.475. The Kier molecular flexibility index (Phi) is 2.63. The lowest BCUT2D eigenvalue weighted by Gasteiger charge is -2.29. The summed E-state index contributed by atoms with van der Waals surface area (Å²) in [5, 5.41) is 12.4. The first-order valence-electron chi connectivity index (χ1n) is 6.32. The van der Waals surface area contributed by atoms with E-state index in [1.807, 2.05) is 30.3 Å². The minimum Gasteiger partial charge on any atom is -0.505 e. The van der Waals surface area contributed by atoms with Crippen LogP contribution in [0, 0.1) is 0 Å². The molecule has 0 radical (unpaired) electrons. The lowest BCUT2D eigenvalue weighted by Crippen LogP contribution is -2.29. The van der Waals surface area contributed by atoms with Crippen molar-refractivity contribution in [1.29, 1.82) is 0 Å². The Morgan fingerprint density at radius 1 is 0.882 bits per heavy atom. The van der Waals surface area contributed by atoms with Crippen molar-refractivity contribution in [2.24, 2.45) is 0 Å². The van der Waals surface area contributed by atoms with Crippen molar-refractivity contribution in [3.05, 3.63) is 36.4 Å². The van der Waals surface area contributed by atoms with E-state index in [2.05, 4.69) is 11.0 Å². The molecule has 3 rings (SSSR count). The fourth-order valence-electron chi connectivity index (χ4n) is 2.63. The molecule has 88 valence electrons. The topological polar surface area (TPSA) is 23.5 Å². The van der Waals surface area contributed by atoms with E-state index in [1.54, 1.807) is 0 Å². The van der Waals surface area contributed by atoms with Crippen LogP contribution in [0.4, 0.5) is 5.69 Å². The van der Waals surface area contributed by atoms with Gasteiger partial charge in [-0.05, 0) is 30.7 Å². The summed E-state index contributed by atoms with van der Waals surface area (Å²) in [6.45, 7) is 2.12. The first kappa shape index (κ1) is 10.5. The summed E-state index contributed by atoms with van der Waals surface area (Å²) >= 11 is 0. The molecule has 1 aliphatic rings. The molecule has 0 spiro atoms. The molecule has 0 aliphatic carbocycles. The second-order valence-electron chi connectivity index (χ2n) is 4.70. The van der Waals surface area contributed by atoms with Crippen molar-refractivity contribution in [1.82, 2.24) is 0 Å². The van der Waals surface area contributed by atoms with Gasteiger partial charge < -0.3 is 10.0 Å². The van der Waals surface area contributed by atoms with Crippen LogP contribution in [0.15, 0.2) is 36.4 Å². The van der Waals surface area contributed by atoms with E-state index in [1.165, 1.54) is 19.3 Å². The molecule has 0 aromatic heterocycles. The third kappa shape index (κ3) is 1.84. The number of piperidine rings is 1. The fraction of sp³-hybridized carbons (Fsp3) is 0.333. The number of rotatable bonds is 1. The summed E-state index contributed by atoms with van der Waals surface area (Å²) in [5.41, 5.74) is 0.989. The van der Waals surface area contributed by atoms with Crippen molar-refractivity contribution < 1.29 is 5.11 Å². The number of fused-ring (bicyclic) bond motifs is 1. The van der Waals surface area contributed by atoms with Gasteiger partial charge in [0.05, 0.1) is 5.69 Å². The average molecular weight is 227 g/mol. The fourth-order valence-corrected chi connectivity index (χ4v) is 2.63. The predicted octanol–water partition coefficient (Wildman–Crippen LogP) is 3.54. The van der Waals surface area contributed by atoms with Gasteiger partial charge >= 0.3 is 0 Å². The molecular weight excluding hydrogens is 210 g/mol. The molecule has 2 heteroatoms. The van der Waals surface area contributed by atoms with Gasteiger partial charge in [-0.1, -0.05) is 30.3 Å². The zero-order valence-electron chi connectivity index (χ0n) is 9.89. The number of nitrogens with zero attached hydrogens (tertiary/aromatic N) is 1. The maximum absolute atomic E-state index is 10.4. The van der Waals surface area contributed by atoms with Crippen LogP contribution in [-0.2, 0) is 0 Å².